The monoisotopic (exact) mass is 346 g/mol. The van der Waals surface area contributed by atoms with Crippen molar-refractivity contribution in [3.63, 3.8) is 0 Å². The first-order valence-electron chi connectivity index (χ1n) is 5.11. The molecule has 1 aromatic heterocycles. The Bertz CT molecular complexity index is 470. The average Bonchev–Trinajstić information content (AvgIpc) is 2.77. The second-order valence-corrected chi connectivity index (χ2v) is 7.81. The fourth-order valence-electron chi connectivity index (χ4n) is 1.16. The van der Waals surface area contributed by atoms with Crippen LogP contribution in [-0.2, 0) is 5.75 Å². The number of aromatic nitrogens is 2. The zero-order chi connectivity index (χ0) is 12.1. The van der Waals surface area contributed by atoms with Crippen LogP contribution < -0.4 is 0 Å². The minimum absolute atomic E-state index is 0.943. The predicted octanol–water partition coefficient (Wildman–Crippen LogP) is 4.70. The number of halogens is 1. The summed E-state index contributed by atoms with van der Waals surface area (Å²) in [4.78, 5) is 0. The smallest absolute Gasteiger partial charge is 0.131 e. The zero-order valence-corrected chi connectivity index (χ0v) is 13.3. The van der Waals surface area contributed by atoms with Crippen molar-refractivity contribution in [1.82, 2.24) is 10.2 Å². The highest BCUT2D eigenvalue weighted by Crippen LogP contribution is 2.30. The molecule has 0 aliphatic heterocycles. The van der Waals surface area contributed by atoms with Gasteiger partial charge in [0.1, 0.15) is 0 Å². The summed E-state index contributed by atoms with van der Waals surface area (Å²) in [5, 5.41) is 8.30. The van der Waals surface area contributed by atoms with E-state index in [9.17, 15) is 0 Å². The normalized spacial score (nSPS) is 10.7. The first-order chi connectivity index (χ1) is 8.28. The maximum atomic E-state index is 4.17. The van der Waals surface area contributed by atoms with Gasteiger partial charge in [-0.05, 0) is 23.4 Å². The van der Waals surface area contributed by atoms with E-state index in [-0.39, 0.29) is 0 Å². The van der Waals surface area contributed by atoms with Crippen LogP contribution in [0.2, 0.25) is 0 Å². The van der Waals surface area contributed by atoms with Gasteiger partial charge in [-0.15, -0.1) is 10.2 Å². The van der Waals surface area contributed by atoms with Gasteiger partial charge in [-0.1, -0.05) is 69.8 Å². The van der Waals surface area contributed by atoms with Crippen LogP contribution in [-0.4, -0.2) is 16.0 Å². The summed E-state index contributed by atoms with van der Waals surface area (Å²) >= 11 is 8.59. The van der Waals surface area contributed by atoms with Gasteiger partial charge < -0.3 is 0 Å². The quantitative estimate of drug-likeness (QED) is 0.732. The molecular weight excluding hydrogens is 336 g/mol. The van der Waals surface area contributed by atoms with Crippen LogP contribution >= 0.6 is 50.8 Å². The Morgan fingerprint density at radius 3 is 2.41 bits per heavy atom. The summed E-state index contributed by atoms with van der Waals surface area (Å²) in [5.41, 5.74) is 1.30. The number of benzene rings is 1. The lowest BCUT2D eigenvalue weighted by Gasteiger charge is -1.98. The Kier molecular flexibility index (Phi) is 5.34. The van der Waals surface area contributed by atoms with Crippen molar-refractivity contribution >= 4 is 50.8 Å². The minimum atomic E-state index is 0.943. The summed E-state index contributed by atoms with van der Waals surface area (Å²) in [5.74, 6) is 1.99. The fourth-order valence-corrected chi connectivity index (χ4v) is 4.30. The Balaban J connectivity index is 1.90. The van der Waals surface area contributed by atoms with E-state index >= 15 is 0 Å². The highest BCUT2D eigenvalue weighted by molar-refractivity contribution is 9.10. The maximum Gasteiger partial charge on any atom is 0.175 e. The minimum Gasteiger partial charge on any atom is -0.131 e. The molecule has 0 aliphatic rings. The lowest BCUT2D eigenvalue weighted by Crippen LogP contribution is -1.79. The molecule has 17 heavy (non-hydrogen) atoms. The molecule has 0 unspecified atom stereocenters. The highest BCUT2D eigenvalue weighted by Gasteiger charge is 2.04. The molecule has 90 valence electrons. The molecule has 0 saturated heterocycles. The molecular formula is C11H11BrN2S3. The van der Waals surface area contributed by atoms with Crippen LogP contribution in [0, 0.1) is 0 Å². The molecule has 0 saturated carbocycles. The lowest BCUT2D eigenvalue weighted by atomic mass is 10.2. The molecule has 0 amide bonds. The summed E-state index contributed by atoms with van der Waals surface area (Å²) < 4.78 is 3.22. The summed E-state index contributed by atoms with van der Waals surface area (Å²) in [7, 11) is 0. The maximum absolute atomic E-state index is 4.17. The molecule has 0 fully saturated rings. The molecule has 0 aliphatic carbocycles. The number of hydrogen-bond donors (Lipinski definition) is 0. The number of nitrogens with zero attached hydrogens (tertiary/aromatic N) is 2. The molecule has 2 aromatic rings. The molecule has 2 rings (SSSR count). The van der Waals surface area contributed by atoms with Gasteiger partial charge in [0.2, 0.25) is 0 Å². The van der Waals surface area contributed by atoms with Crippen molar-refractivity contribution in [3.8, 4) is 0 Å². The van der Waals surface area contributed by atoms with Crippen molar-refractivity contribution in [3.05, 3.63) is 34.3 Å². The second-order valence-electron chi connectivity index (χ2n) is 3.18. The molecule has 6 heteroatoms. The molecule has 0 spiro atoms. The number of rotatable bonds is 5. The summed E-state index contributed by atoms with van der Waals surface area (Å²) in [6.45, 7) is 2.13. The molecule has 0 N–H and O–H groups in total. The Morgan fingerprint density at radius 2 is 1.76 bits per heavy atom. The topological polar surface area (TPSA) is 25.8 Å². The van der Waals surface area contributed by atoms with E-state index in [1.54, 1.807) is 34.9 Å². The van der Waals surface area contributed by atoms with Crippen molar-refractivity contribution in [2.75, 3.05) is 5.75 Å². The first-order valence-corrected chi connectivity index (χ1v) is 8.69. The zero-order valence-electron chi connectivity index (χ0n) is 9.22. The van der Waals surface area contributed by atoms with Gasteiger partial charge >= 0.3 is 0 Å². The molecule has 1 aromatic carbocycles. The van der Waals surface area contributed by atoms with Crippen LogP contribution in [0.1, 0.15) is 12.5 Å². The molecule has 0 radical (unpaired) electrons. The van der Waals surface area contributed by atoms with Crippen LogP contribution in [0.5, 0.6) is 0 Å². The second kappa shape index (κ2) is 6.78. The van der Waals surface area contributed by atoms with Crippen molar-refractivity contribution in [2.45, 2.75) is 21.4 Å². The van der Waals surface area contributed by atoms with Gasteiger partial charge in [-0.25, -0.2) is 0 Å². The van der Waals surface area contributed by atoms with E-state index in [2.05, 4.69) is 57.3 Å². The SMILES string of the molecule is CCSc1nnc(SCc2ccc(Br)cc2)s1. The highest BCUT2D eigenvalue weighted by atomic mass is 79.9. The van der Waals surface area contributed by atoms with Gasteiger partial charge in [-0.3, -0.25) is 0 Å². The Morgan fingerprint density at radius 1 is 1.12 bits per heavy atom. The number of hydrogen-bond acceptors (Lipinski definition) is 5. The fraction of sp³-hybridized carbons (Fsp3) is 0.273. The standard InChI is InChI=1S/C11H11BrN2S3/c1-2-15-10-13-14-11(17-10)16-7-8-3-5-9(12)6-4-8/h3-6H,2,7H2,1H3. The first kappa shape index (κ1) is 13.4. The van der Waals surface area contributed by atoms with E-state index < -0.39 is 0 Å². The Hall–Kier alpha value is -0.0400. The third-order valence-electron chi connectivity index (χ3n) is 1.93. The van der Waals surface area contributed by atoms with Crippen LogP contribution in [0.3, 0.4) is 0 Å². The Labute approximate surface area is 122 Å². The van der Waals surface area contributed by atoms with E-state index in [1.807, 2.05) is 0 Å². The van der Waals surface area contributed by atoms with Gasteiger partial charge in [-0.2, -0.15) is 0 Å². The van der Waals surface area contributed by atoms with Crippen LogP contribution in [0.15, 0.2) is 37.4 Å². The predicted molar refractivity (Wildman–Crippen MR) is 80.0 cm³/mol. The van der Waals surface area contributed by atoms with Gasteiger partial charge in [0.05, 0.1) is 0 Å². The summed E-state index contributed by atoms with van der Waals surface area (Å²) in [6.07, 6.45) is 0. The van der Waals surface area contributed by atoms with Crippen molar-refractivity contribution < 1.29 is 0 Å². The van der Waals surface area contributed by atoms with E-state index in [1.165, 1.54) is 5.56 Å². The molecule has 0 bridgehead atoms. The third kappa shape index (κ3) is 4.28. The van der Waals surface area contributed by atoms with E-state index in [4.69, 9.17) is 0 Å². The lowest BCUT2D eigenvalue weighted by molar-refractivity contribution is 0.954. The largest absolute Gasteiger partial charge is 0.175 e. The van der Waals surface area contributed by atoms with E-state index in [0.717, 1.165) is 24.7 Å². The van der Waals surface area contributed by atoms with Crippen molar-refractivity contribution in [2.24, 2.45) is 0 Å². The van der Waals surface area contributed by atoms with Gasteiger partial charge in [0.25, 0.3) is 0 Å². The van der Waals surface area contributed by atoms with Crippen molar-refractivity contribution in [1.29, 1.82) is 0 Å². The van der Waals surface area contributed by atoms with Gasteiger partial charge in [0.15, 0.2) is 8.68 Å². The van der Waals surface area contributed by atoms with E-state index in [0.29, 0.717) is 0 Å². The molecule has 2 nitrogen and oxygen atoms in total. The molecule has 0 atom stereocenters. The average molecular weight is 347 g/mol. The third-order valence-corrected chi connectivity index (χ3v) is 5.60. The van der Waals surface area contributed by atoms with Crippen LogP contribution in [0.4, 0.5) is 0 Å². The van der Waals surface area contributed by atoms with Crippen LogP contribution in [0.25, 0.3) is 0 Å². The summed E-state index contributed by atoms with van der Waals surface area (Å²) in [6, 6.07) is 8.38. The number of thioether (sulfide) groups is 2. The van der Waals surface area contributed by atoms with Gasteiger partial charge in [0, 0.05) is 10.2 Å². The molecule has 1 heterocycles.